The van der Waals surface area contributed by atoms with Crippen molar-refractivity contribution in [2.75, 3.05) is 0 Å². The SMILES string of the molecule is O=[N+]([O-])c1cc(C(F)(F)F)ccc1Oc1ncncc1I. The van der Waals surface area contributed by atoms with Gasteiger partial charge >= 0.3 is 11.9 Å². The highest BCUT2D eigenvalue weighted by atomic mass is 127. The van der Waals surface area contributed by atoms with Crippen LogP contribution in [0.15, 0.2) is 30.7 Å². The van der Waals surface area contributed by atoms with Crippen molar-refractivity contribution in [1.82, 2.24) is 9.97 Å². The molecule has 2 aromatic rings. The van der Waals surface area contributed by atoms with Gasteiger partial charge in [0.05, 0.1) is 14.1 Å². The maximum Gasteiger partial charge on any atom is 0.416 e. The van der Waals surface area contributed by atoms with Gasteiger partial charge in [-0.15, -0.1) is 0 Å². The summed E-state index contributed by atoms with van der Waals surface area (Å²) in [7, 11) is 0. The van der Waals surface area contributed by atoms with E-state index in [-0.39, 0.29) is 11.6 Å². The first kappa shape index (κ1) is 15.4. The van der Waals surface area contributed by atoms with Crippen LogP contribution in [-0.4, -0.2) is 14.9 Å². The van der Waals surface area contributed by atoms with E-state index in [0.29, 0.717) is 15.7 Å². The first-order valence-electron chi connectivity index (χ1n) is 5.28. The molecule has 1 heterocycles. The quantitative estimate of drug-likeness (QED) is 0.436. The molecule has 6 nitrogen and oxygen atoms in total. The number of alkyl halides is 3. The van der Waals surface area contributed by atoms with Gasteiger partial charge in [-0.1, -0.05) is 0 Å². The molecule has 10 heteroatoms. The molecule has 0 saturated carbocycles. The molecule has 0 atom stereocenters. The third-order valence-electron chi connectivity index (χ3n) is 2.32. The fraction of sp³-hybridized carbons (Fsp3) is 0.0909. The molecule has 0 aliphatic heterocycles. The van der Waals surface area contributed by atoms with Gasteiger partial charge in [-0.2, -0.15) is 13.2 Å². The van der Waals surface area contributed by atoms with Crippen molar-refractivity contribution in [3.05, 3.63) is 50.0 Å². The molecule has 0 radical (unpaired) electrons. The fourth-order valence-corrected chi connectivity index (χ4v) is 1.81. The monoisotopic (exact) mass is 411 g/mol. The minimum Gasteiger partial charge on any atom is -0.431 e. The number of ether oxygens (including phenoxy) is 1. The second-order valence-corrected chi connectivity index (χ2v) is 4.88. The van der Waals surface area contributed by atoms with Crippen molar-refractivity contribution in [1.29, 1.82) is 0 Å². The van der Waals surface area contributed by atoms with Gasteiger partial charge in [0.2, 0.25) is 11.6 Å². The zero-order valence-corrected chi connectivity index (χ0v) is 12.1. The number of nitro groups is 1. The van der Waals surface area contributed by atoms with E-state index in [1.807, 2.05) is 22.6 Å². The molecule has 0 aliphatic carbocycles. The summed E-state index contributed by atoms with van der Waals surface area (Å²) < 4.78 is 43.4. The molecule has 21 heavy (non-hydrogen) atoms. The average Bonchev–Trinajstić information content (AvgIpc) is 2.40. The maximum atomic E-state index is 12.6. The molecular formula is C11H5F3IN3O3. The minimum atomic E-state index is -4.67. The van der Waals surface area contributed by atoms with Gasteiger partial charge in [0.15, 0.2) is 0 Å². The maximum absolute atomic E-state index is 12.6. The Morgan fingerprint density at radius 3 is 2.62 bits per heavy atom. The summed E-state index contributed by atoms with van der Waals surface area (Å²) in [6.07, 6.45) is -2.11. The Bertz CT molecular complexity index is 694. The number of halogens is 4. The van der Waals surface area contributed by atoms with Gasteiger partial charge in [-0.3, -0.25) is 10.1 Å². The molecule has 0 spiro atoms. The Kier molecular flexibility index (Phi) is 4.25. The van der Waals surface area contributed by atoms with Crippen LogP contribution in [0.5, 0.6) is 11.6 Å². The van der Waals surface area contributed by atoms with Crippen LogP contribution < -0.4 is 4.74 Å². The first-order chi connectivity index (χ1) is 9.79. The highest BCUT2D eigenvalue weighted by Gasteiger charge is 2.33. The van der Waals surface area contributed by atoms with E-state index in [2.05, 4.69) is 9.97 Å². The number of nitro benzene ring substituents is 1. The molecule has 0 amide bonds. The molecule has 1 aromatic carbocycles. The van der Waals surface area contributed by atoms with Crippen molar-refractivity contribution in [3.8, 4) is 11.6 Å². The first-order valence-corrected chi connectivity index (χ1v) is 6.36. The zero-order valence-electron chi connectivity index (χ0n) is 9.96. The molecule has 2 rings (SSSR count). The van der Waals surface area contributed by atoms with E-state index >= 15 is 0 Å². The smallest absolute Gasteiger partial charge is 0.416 e. The number of nitrogens with zero attached hydrogens (tertiary/aromatic N) is 3. The van der Waals surface area contributed by atoms with Crippen LogP contribution in [0.3, 0.4) is 0 Å². The third kappa shape index (κ3) is 3.56. The van der Waals surface area contributed by atoms with Gasteiger partial charge in [0.1, 0.15) is 6.33 Å². The Labute approximate surface area is 129 Å². The normalized spacial score (nSPS) is 11.2. The topological polar surface area (TPSA) is 78.2 Å². The Balaban J connectivity index is 2.45. The lowest BCUT2D eigenvalue weighted by atomic mass is 10.2. The predicted molar refractivity (Wildman–Crippen MR) is 72.9 cm³/mol. The molecule has 0 fully saturated rings. The van der Waals surface area contributed by atoms with Crippen LogP contribution in [0.4, 0.5) is 18.9 Å². The number of rotatable bonds is 3. The molecule has 0 aliphatic rings. The standard InChI is InChI=1S/C11H5F3IN3O3/c12-11(13,14)6-1-2-9(8(3-6)18(19)20)21-10-7(15)4-16-5-17-10/h1-5H. The van der Waals surface area contributed by atoms with Crippen molar-refractivity contribution < 1.29 is 22.8 Å². The van der Waals surface area contributed by atoms with Crippen LogP contribution in [-0.2, 0) is 6.18 Å². The van der Waals surface area contributed by atoms with E-state index in [1.165, 1.54) is 6.20 Å². The molecule has 0 saturated heterocycles. The average molecular weight is 411 g/mol. The molecule has 110 valence electrons. The number of hydrogen-bond donors (Lipinski definition) is 0. The second kappa shape index (κ2) is 5.79. The summed E-state index contributed by atoms with van der Waals surface area (Å²) in [5, 5.41) is 10.9. The Morgan fingerprint density at radius 2 is 2.05 bits per heavy atom. The van der Waals surface area contributed by atoms with Gasteiger partial charge in [0, 0.05) is 12.3 Å². The van der Waals surface area contributed by atoms with Crippen molar-refractivity contribution in [2.45, 2.75) is 6.18 Å². The van der Waals surface area contributed by atoms with Crippen LogP contribution in [0.2, 0.25) is 0 Å². The van der Waals surface area contributed by atoms with Crippen molar-refractivity contribution in [3.63, 3.8) is 0 Å². The van der Waals surface area contributed by atoms with E-state index in [9.17, 15) is 23.3 Å². The summed E-state index contributed by atoms with van der Waals surface area (Å²) in [5.41, 5.74) is -1.92. The summed E-state index contributed by atoms with van der Waals surface area (Å²) in [5.74, 6) is -0.307. The van der Waals surface area contributed by atoms with Gasteiger partial charge < -0.3 is 4.74 Å². The second-order valence-electron chi connectivity index (χ2n) is 3.72. The number of aromatic nitrogens is 2. The Morgan fingerprint density at radius 1 is 1.33 bits per heavy atom. The lowest BCUT2D eigenvalue weighted by Gasteiger charge is -2.09. The molecule has 1 aromatic heterocycles. The van der Waals surface area contributed by atoms with Crippen LogP contribution >= 0.6 is 22.6 Å². The van der Waals surface area contributed by atoms with E-state index in [0.717, 1.165) is 12.4 Å². The van der Waals surface area contributed by atoms with E-state index in [4.69, 9.17) is 4.74 Å². The Hall–Kier alpha value is -1.98. The van der Waals surface area contributed by atoms with Crippen LogP contribution in [0.25, 0.3) is 0 Å². The van der Waals surface area contributed by atoms with Crippen molar-refractivity contribution in [2.24, 2.45) is 0 Å². The number of benzene rings is 1. The zero-order chi connectivity index (χ0) is 15.6. The lowest BCUT2D eigenvalue weighted by Crippen LogP contribution is -2.06. The van der Waals surface area contributed by atoms with E-state index < -0.39 is 22.4 Å². The summed E-state index contributed by atoms with van der Waals surface area (Å²) in [6, 6.07) is 2.01. The summed E-state index contributed by atoms with van der Waals surface area (Å²) in [4.78, 5) is 17.4. The molecular weight excluding hydrogens is 406 g/mol. The third-order valence-corrected chi connectivity index (χ3v) is 3.06. The largest absolute Gasteiger partial charge is 0.431 e. The lowest BCUT2D eigenvalue weighted by molar-refractivity contribution is -0.385. The molecule has 0 unspecified atom stereocenters. The van der Waals surface area contributed by atoms with Crippen molar-refractivity contribution >= 4 is 28.3 Å². The molecule has 0 N–H and O–H groups in total. The highest BCUT2D eigenvalue weighted by molar-refractivity contribution is 14.1. The van der Waals surface area contributed by atoms with E-state index in [1.54, 1.807) is 0 Å². The summed E-state index contributed by atoms with van der Waals surface area (Å²) >= 11 is 1.84. The fourth-order valence-electron chi connectivity index (χ4n) is 1.40. The van der Waals surface area contributed by atoms with Gasteiger partial charge in [-0.05, 0) is 34.7 Å². The summed E-state index contributed by atoms with van der Waals surface area (Å²) in [6.45, 7) is 0. The van der Waals surface area contributed by atoms with Gasteiger partial charge in [0.25, 0.3) is 0 Å². The van der Waals surface area contributed by atoms with Gasteiger partial charge in [-0.25, -0.2) is 9.97 Å². The predicted octanol–water partition coefficient (Wildman–Crippen LogP) is 3.80. The number of hydrogen-bond acceptors (Lipinski definition) is 5. The molecule has 0 bridgehead atoms. The van der Waals surface area contributed by atoms with Crippen LogP contribution in [0.1, 0.15) is 5.56 Å². The minimum absolute atomic E-state index is 0.0217. The van der Waals surface area contributed by atoms with Crippen LogP contribution in [0, 0.1) is 13.7 Å². The highest BCUT2D eigenvalue weighted by Crippen LogP contribution is 2.37.